The first-order chi connectivity index (χ1) is 11.1. The van der Waals surface area contributed by atoms with E-state index in [4.69, 9.17) is 4.74 Å². The normalized spacial score (nSPS) is 21.7. The molecular formula is C18H24N2O2S. The molecule has 1 aromatic heterocycles. The maximum Gasteiger partial charge on any atom is 0.222 e. The number of hydrogen-bond acceptors (Lipinski definition) is 4. The van der Waals surface area contributed by atoms with E-state index in [2.05, 4.69) is 17.1 Å². The molecule has 0 bridgehead atoms. The number of rotatable bonds is 5. The van der Waals surface area contributed by atoms with Gasteiger partial charge in [0.05, 0.1) is 27.4 Å². The second-order valence-corrected chi connectivity index (χ2v) is 7.45. The van der Waals surface area contributed by atoms with Crippen LogP contribution in [0.25, 0.3) is 10.2 Å². The Kier molecular flexibility index (Phi) is 5.28. The van der Waals surface area contributed by atoms with Crippen LogP contribution in [0.1, 0.15) is 38.1 Å². The van der Waals surface area contributed by atoms with E-state index in [0.717, 1.165) is 37.9 Å². The van der Waals surface area contributed by atoms with Gasteiger partial charge in [-0.1, -0.05) is 12.1 Å². The van der Waals surface area contributed by atoms with Crippen molar-refractivity contribution < 1.29 is 9.53 Å². The third kappa shape index (κ3) is 4.30. The van der Waals surface area contributed by atoms with Crippen molar-refractivity contribution >= 4 is 27.5 Å². The van der Waals surface area contributed by atoms with Crippen LogP contribution in [0.3, 0.4) is 0 Å². The molecule has 0 saturated carbocycles. The average Bonchev–Trinajstić information content (AvgIpc) is 2.93. The number of amides is 1. The topological polar surface area (TPSA) is 42.4 Å². The van der Waals surface area contributed by atoms with Gasteiger partial charge in [0.25, 0.3) is 0 Å². The number of aromatic nitrogens is 1. The zero-order chi connectivity index (χ0) is 16.2. The number of benzene rings is 1. The predicted octanol–water partition coefficient (Wildman–Crippen LogP) is 3.64. The van der Waals surface area contributed by atoms with Crippen molar-refractivity contribution in [1.82, 2.24) is 9.88 Å². The zero-order valence-electron chi connectivity index (χ0n) is 13.8. The molecule has 0 spiro atoms. The molecule has 23 heavy (non-hydrogen) atoms. The lowest BCUT2D eigenvalue weighted by Crippen LogP contribution is -2.48. The first-order valence-electron chi connectivity index (χ1n) is 8.39. The van der Waals surface area contributed by atoms with Gasteiger partial charge in [-0.25, -0.2) is 4.98 Å². The predicted molar refractivity (Wildman–Crippen MR) is 93.8 cm³/mol. The van der Waals surface area contributed by atoms with Crippen LogP contribution in [0.5, 0.6) is 0 Å². The second kappa shape index (κ2) is 7.41. The Morgan fingerprint density at radius 1 is 1.26 bits per heavy atom. The van der Waals surface area contributed by atoms with Crippen LogP contribution in [0, 0.1) is 0 Å². The third-order valence-corrected chi connectivity index (χ3v) is 5.24. The number of hydrogen-bond donors (Lipinski definition) is 0. The van der Waals surface area contributed by atoms with Gasteiger partial charge >= 0.3 is 0 Å². The molecule has 3 rings (SSSR count). The fourth-order valence-electron chi connectivity index (χ4n) is 3.12. The smallest absolute Gasteiger partial charge is 0.222 e. The minimum atomic E-state index is 0.144. The molecular weight excluding hydrogens is 308 g/mol. The molecule has 124 valence electrons. The summed E-state index contributed by atoms with van der Waals surface area (Å²) in [4.78, 5) is 18.9. The van der Waals surface area contributed by atoms with Gasteiger partial charge < -0.3 is 9.64 Å². The first-order valence-corrected chi connectivity index (χ1v) is 9.21. The molecule has 4 nitrogen and oxygen atoms in total. The SMILES string of the molecule is C[C@@H]1CN(C(=O)CCCCc2nc3ccccc3s2)C[C@@H](C)O1. The van der Waals surface area contributed by atoms with Crippen molar-refractivity contribution in [1.29, 1.82) is 0 Å². The summed E-state index contributed by atoms with van der Waals surface area (Å²) in [6.45, 7) is 5.51. The van der Waals surface area contributed by atoms with Crippen molar-refractivity contribution in [2.24, 2.45) is 0 Å². The van der Waals surface area contributed by atoms with Gasteiger partial charge in [0.1, 0.15) is 0 Å². The summed E-state index contributed by atoms with van der Waals surface area (Å²) in [5.41, 5.74) is 1.08. The largest absolute Gasteiger partial charge is 0.372 e. The molecule has 1 aliphatic rings. The highest BCUT2D eigenvalue weighted by molar-refractivity contribution is 7.18. The summed E-state index contributed by atoms with van der Waals surface area (Å²) in [5, 5.41) is 1.17. The molecule has 2 heterocycles. The molecule has 0 radical (unpaired) electrons. The molecule has 2 atom stereocenters. The van der Waals surface area contributed by atoms with Crippen LogP contribution in [-0.4, -0.2) is 41.1 Å². The van der Waals surface area contributed by atoms with Gasteiger partial charge in [-0.05, 0) is 45.2 Å². The van der Waals surface area contributed by atoms with E-state index >= 15 is 0 Å². The molecule has 1 saturated heterocycles. The Morgan fingerprint density at radius 3 is 2.74 bits per heavy atom. The zero-order valence-corrected chi connectivity index (χ0v) is 14.6. The lowest BCUT2D eigenvalue weighted by atomic mass is 10.1. The molecule has 1 aliphatic heterocycles. The van der Waals surface area contributed by atoms with E-state index in [1.165, 1.54) is 9.71 Å². The van der Waals surface area contributed by atoms with Crippen LogP contribution < -0.4 is 0 Å². The molecule has 1 amide bonds. The van der Waals surface area contributed by atoms with Crippen LogP contribution in [0.4, 0.5) is 0 Å². The highest BCUT2D eigenvalue weighted by Gasteiger charge is 2.25. The van der Waals surface area contributed by atoms with Crippen molar-refractivity contribution in [3.63, 3.8) is 0 Å². The third-order valence-electron chi connectivity index (χ3n) is 4.14. The van der Waals surface area contributed by atoms with E-state index in [0.29, 0.717) is 6.42 Å². The van der Waals surface area contributed by atoms with Gasteiger partial charge in [0.2, 0.25) is 5.91 Å². The number of fused-ring (bicyclic) bond motifs is 1. The molecule has 5 heteroatoms. The number of para-hydroxylation sites is 1. The highest BCUT2D eigenvalue weighted by atomic mass is 32.1. The van der Waals surface area contributed by atoms with Crippen LogP contribution in [-0.2, 0) is 16.0 Å². The summed E-state index contributed by atoms with van der Waals surface area (Å²) in [6, 6.07) is 8.24. The summed E-state index contributed by atoms with van der Waals surface area (Å²) in [6.07, 6.45) is 3.82. The van der Waals surface area contributed by atoms with Gasteiger partial charge in [-0.15, -0.1) is 11.3 Å². The fraction of sp³-hybridized carbons (Fsp3) is 0.556. The molecule has 1 fully saturated rings. The lowest BCUT2D eigenvalue weighted by molar-refractivity contribution is -0.143. The van der Waals surface area contributed by atoms with Gasteiger partial charge in [0.15, 0.2) is 0 Å². The molecule has 0 aliphatic carbocycles. The summed E-state index contributed by atoms with van der Waals surface area (Å²) < 4.78 is 6.92. The summed E-state index contributed by atoms with van der Waals surface area (Å²) in [7, 11) is 0. The van der Waals surface area contributed by atoms with Crippen LogP contribution in [0.15, 0.2) is 24.3 Å². The second-order valence-electron chi connectivity index (χ2n) is 6.34. The van der Waals surface area contributed by atoms with Crippen LogP contribution >= 0.6 is 11.3 Å². The Hall–Kier alpha value is -1.46. The van der Waals surface area contributed by atoms with E-state index in [9.17, 15) is 4.79 Å². The molecule has 2 aromatic rings. The van der Waals surface area contributed by atoms with Crippen molar-refractivity contribution in [3.05, 3.63) is 29.3 Å². The standard InChI is InChI=1S/C18H24N2O2S/c1-13-11-20(12-14(2)22-13)18(21)10-6-5-9-17-19-15-7-3-4-8-16(15)23-17/h3-4,7-8,13-14H,5-6,9-12H2,1-2H3/t13-,14-/m1/s1. The quantitative estimate of drug-likeness (QED) is 0.785. The summed E-state index contributed by atoms with van der Waals surface area (Å²) in [5.74, 6) is 0.260. The number of thiazole rings is 1. The maximum atomic E-state index is 12.3. The fourth-order valence-corrected chi connectivity index (χ4v) is 4.13. The number of aryl methyl sites for hydroxylation is 1. The van der Waals surface area contributed by atoms with Crippen LogP contribution in [0.2, 0.25) is 0 Å². The Labute approximate surface area is 141 Å². The first kappa shape index (κ1) is 16.4. The van der Waals surface area contributed by atoms with Gasteiger partial charge in [-0.2, -0.15) is 0 Å². The number of morpholine rings is 1. The van der Waals surface area contributed by atoms with Gasteiger partial charge in [-0.3, -0.25) is 4.79 Å². The van der Waals surface area contributed by atoms with Crippen molar-refractivity contribution in [2.45, 2.75) is 51.7 Å². The molecule has 0 N–H and O–H groups in total. The number of nitrogens with zero attached hydrogens (tertiary/aromatic N) is 2. The van der Waals surface area contributed by atoms with Crippen molar-refractivity contribution in [3.8, 4) is 0 Å². The number of carbonyl (C=O) groups excluding carboxylic acids is 1. The minimum Gasteiger partial charge on any atom is -0.372 e. The Bertz CT molecular complexity index is 627. The van der Waals surface area contributed by atoms with E-state index in [1.54, 1.807) is 11.3 Å². The maximum absolute atomic E-state index is 12.3. The average molecular weight is 332 g/mol. The number of unbranched alkanes of at least 4 members (excludes halogenated alkanes) is 1. The van der Waals surface area contributed by atoms with E-state index < -0.39 is 0 Å². The van der Waals surface area contributed by atoms with Crippen molar-refractivity contribution in [2.75, 3.05) is 13.1 Å². The highest BCUT2D eigenvalue weighted by Crippen LogP contribution is 2.23. The molecule has 1 aromatic carbocycles. The van der Waals surface area contributed by atoms with E-state index in [1.807, 2.05) is 30.9 Å². The number of ether oxygens (including phenoxy) is 1. The minimum absolute atomic E-state index is 0.144. The summed E-state index contributed by atoms with van der Waals surface area (Å²) >= 11 is 1.76. The Balaban J connectivity index is 1.43. The Morgan fingerprint density at radius 2 is 2.00 bits per heavy atom. The monoisotopic (exact) mass is 332 g/mol. The molecule has 0 unspecified atom stereocenters. The van der Waals surface area contributed by atoms with Gasteiger partial charge in [0, 0.05) is 19.5 Å². The number of carbonyl (C=O) groups is 1. The lowest BCUT2D eigenvalue weighted by Gasteiger charge is -2.35. The van der Waals surface area contributed by atoms with E-state index in [-0.39, 0.29) is 18.1 Å².